The van der Waals surface area contributed by atoms with Crippen molar-refractivity contribution in [3.05, 3.63) is 21.4 Å². The van der Waals surface area contributed by atoms with E-state index in [0.717, 1.165) is 22.8 Å². The Morgan fingerprint density at radius 2 is 2.50 bits per heavy atom. The molecule has 0 aliphatic carbocycles. The number of thioether (sulfide) groups is 1. The van der Waals surface area contributed by atoms with E-state index in [1.54, 1.807) is 18.3 Å². The Morgan fingerprint density at radius 1 is 1.69 bits per heavy atom. The highest BCUT2D eigenvalue weighted by Crippen LogP contribution is 2.31. The normalized spacial score (nSPS) is 16.6. The van der Waals surface area contributed by atoms with E-state index < -0.39 is 0 Å². The Kier molecular flexibility index (Phi) is 3.89. The van der Waals surface area contributed by atoms with Gasteiger partial charge in [-0.05, 0) is 30.7 Å². The molecule has 5 heteroatoms. The van der Waals surface area contributed by atoms with E-state index in [1.807, 2.05) is 17.8 Å². The summed E-state index contributed by atoms with van der Waals surface area (Å²) in [5, 5.41) is 11.6. The topological polar surface area (TPSA) is 49.3 Å². The van der Waals surface area contributed by atoms with Crippen LogP contribution in [0.3, 0.4) is 0 Å². The smallest absolute Gasteiger partial charge is 0.261 e. The highest BCUT2D eigenvalue weighted by atomic mass is 32.2. The Hall–Kier alpha value is -0.520. The average Bonchev–Trinajstić information content (AvgIpc) is 2.72. The number of carbonyl (C=O) groups excluding carboxylic acids is 1. The standard InChI is InChI=1S/C11H15NO2S2/c1-7(5-13)12-11(14)10-4-8-6-15-3-2-9(8)16-10/h4,7,13H,2-3,5-6H2,1H3,(H,12,14). The summed E-state index contributed by atoms with van der Waals surface area (Å²) in [5.74, 6) is 2.11. The van der Waals surface area contributed by atoms with Gasteiger partial charge in [0.05, 0.1) is 11.5 Å². The predicted molar refractivity (Wildman–Crippen MR) is 68.2 cm³/mol. The van der Waals surface area contributed by atoms with Crippen LogP contribution in [0.5, 0.6) is 0 Å². The SMILES string of the molecule is CC(CO)NC(=O)c1cc2c(s1)CCSC2. The second-order valence-corrected chi connectivity index (χ2v) is 6.16. The van der Waals surface area contributed by atoms with Gasteiger partial charge in [-0.25, -0.2) is 0 Å². The first-order chi connectivity index (χ1) is 7.70. The van der Waals surface area contributed by atoms with E-state index in [4.69, 9.17) is 5.11 Å². The molecule has 3 nitrogen and oxygen atoms in total. The molecule has 1 aromatic rings. The summed E-state index contributed by atoms with van der Waals surface area (Å²) in [6.07, 6.45) is 1.08. The zero-order valence-electron chi connectivity index (χ0n) is 9.16. The summed E-state index contributed by atoms with van der Waals surface area (Å²) in [5.41, 5.74) is 1.31. The second-order valence-electron chi connectivity index (χ2n) is 3.92. The number of nitrogens with one attached hydrogen (secondary N) is 1. The number of hydrogen-bond donors (Lipinski definition) is 2. The van der Waals surface area contributed by atoms with Gasteiger partial charge in [0.2, 0.25) is 0 Å². The van der Waals surface area contributed by atoms with Crippen molar-refractivity contribution in [1.29, 1.82) is 0 Å². The number of aliphatic hydroxyl groups excluding tert-OH is 1. The van der Waals surface area contributed by atoms with E-state index in [9.17, 15) is 4.79 Å². The van der Waals surface area contributed by atoms with Crippen LogP contribution in [0.2, 0.25) is 0 Å². The molecule has 1 unspecified atom stereocenters. The lowest BCUT2D eigenvalue weighted by Gasteiger charge is -2.08. The molecule has 1 aromatic heterocycles. The van der Waals surface area contributed by atoms with Crippen molar-refractivity contribution < 1.29 is 9.90 Å². The van der Waals surface area contributed by atoms with E-state index >= 15 is 0 Å². The molecule has 0 saturated heterocycles. The van der Waals surface area contributed by atoms with Crippen LogP contribution in [0, 0.1) is 0 Å². The van der Waals surface area contributed by atoms with Gasteiger partial charge in [-0.1, -0.05) is 0 Å². The summed E-state index contributed by atoms with van der Waals surface area (Å²) >= 11 is 3.50. The number of amides is 1. The number of hydrogen-bond acceptors (Lipinski definition) is 4. The highest BCUT2D eigenvalue weighted by molar-refractivity contribution is 7.98. The van der Waals surface area contributed by atoms with Crippen molar-refractivity contribution >= 4 is 29.0 Å². The molecule has 1 amide bonds. The molecule has 0 radical (unpaired) electrons. The molecule has 1 atom stereocenters. The minimum Gasteiger partial charge on any atom is -0.394 e. The van der Waals surface area contributed by atoms with Crippen molar-refractivity contribution in [2.24, 2.45) is 0 Å². The maximum absolute atomic E-state index is 11.8. The monoisotopic (exact) mass is 257 g/mol. The minimum atomic E-state index is -0.180. The number of thiophene rings is 1. The van der Waals surface area contributed by atoms with Crippen LogP contribution in [-0.4, -0.2) is 29.4 Å². The van der Waals surface area contributed by atoms with E-state index in [1.165, 1.54) is 10.4 Å². The van der Waals surface area contributed by atoms with E-state index in [-0.39, 0.29) is 18.6 Å². The van der Waals surface area contributed by atoms with Crippen LogP contribution in [0.25, 0.3) is 0 Å². The van der Waals surface area contributed by atoms with Crippen molar-refractivity contribution in [2.45, 2.75) is 25.1 Å². The van der Waals surface area contributed by atoms with E-state index in [2.05, 4.69) is 5.32 Å². The van der Waals surface area contributed by atoms with Gasteiger partial charge < -0.3 is 10.4 Å². The average molecular weight is 257 g/mol. The van der Waals surface area contributed by atoms with Crippen LogP contribution >= 0.6 is 23.1 Å². The summed E-state index contributed by atoms with van der Waals surface area (Å²) in [7, 11) is 0. The van der Waals surface area contributed by atoms with Gasteiger partial charge in [-0.15, -0.1) is 11.3 Å². The molecule has 1 aliphatic rings. The first-order valence-electron chi connectivity index (χ1n) is 5.31. The number of fused-ring (bicyclic) bond motifs is 1. The van der Waals surface area contributed by atoms with Gasteiger partial charge >= 0.3 is 0 Å². The molecule has 0 fully saturated rings. The maximum atomic E-state index is 11.8. The van der Waals surface area contributed by atoms with Gasteiger partial charge in [-0.2, -0.15) is 11.8 Å². The maximum Gasteiger partial charge on any atom is 0.261 e. The molecule has 0 saturated carbocycles. The molecule has 16 heavy (non-hydrogen) atoms. The second kappa shape index (κ2) is 5.21. The van der Waals surface area contributed by atoms with Crippen LogP contribution < -0.4 is 5.32 Å². The van der Waals surface area contributed by atoms with Gasteiger partial charge in [0.25, 0.3) is 5.91 Å². The van der Waals surface area contributed by atoms with Crippen LogP contribution in [-0.2, 0) is 12.2 Å². The first-order valence-corrected chi connectivity index (χ1v) is 7.29. The van der Waals surface area contributed by atoms with Crippen LogP contribution in [0.4, 0.5) is 0 Å². The van der Waals surface area contributed by atoms with Gasteiger partial charge in [0, 0.05) is 16.7 Å². The van der Waals surface area contributed by atoms with Gasteiger partial charge in [-0.3, -0.25) is 4.79 Å². The lowest BCUT2D eigenvalue weighted by Crippen LogP contribution is -2.34. The van der Waals surface area contributed by atoms with Crippen LogP contribution in [0.1, 0.15) is 27.0 Å². The number of rotatable bonds is 3. The predicted octanol–water partition coefficient (Wildman–Crippen LogP) is 1.65. The molecule has 0 bridgehead atoms. The first kappa shape index (κ1) is 12.0. The third-order valence-electron chi connectivity index (χ3n) is 2.50. The number of aryl methyl sites for hydroxylation is 1. The summed E-state index contributed by atoms with van der Waals surface area (Å²) in [6.45, 7) is 1.77. The highest BCUT2D eigenvalue weighted by Gasteiger charge is 2.18. The fourth-order valence-corrected chi connectivity index (χ4v) is 3.88. The quantitative estimate of drug-likeness (QED) is 0.865. The molecular weight excluding hydrogens is 242 g/mol. The minimum absolute atomic E-state index is 0.0211. The molecule has 2 N–H and O–H groups in total. The Bertz CT molecular complexity index is 366. The molecule has 1 aliphatic heterocycles. The van der Waals surface area contributed by atoms with Gasteiger partial charge in [0.1, 0.15) is 0 Å². The third-order valence-corrected chi connectivity index (χ3v) is 4.75. The van der Waals surface area contributed by atoms with Crippen molar-refractivity contribution in [3.63, 3.8) is 0 Å². The van der Waals surface area contributed by atoms with E-state index in [0.29, 0.717) is 0 Å². The van der Waals surface area contributed by atoms with Crippen molar-refractivity contribution in [2.75, 3.05) is 12.4 Å². The number of carbonyl (C=O) groups is 1. The summed E-state index contributed by atoms with van der Waals surface area (Å²) in [6, 6.07) is 1.81. The Balaban J connectivity index is 2.09. The Morgan fingerprint density at radius 3 is 3.19 bits per heavy atom. The zero-order valence-corrected chi connectivity index (χ0v) is 10.8. The van der Waals surface area contributed by atoms with Crippen molar-refractivity contribution in [1.82, 2.24) is 5.32 Å². The molecular formula is C11H15NO2S2. The fourth-order valence-electron chi connectivity index (χ4n) is 1.60. The fraction of sp³-hybridized carbons (Fsp3) is 0.545. The molecule has 2 heterocycles. The third kappa shape index (κ3) is 2.59. The molecule has 0 spiro atoms. The van der Waals surface area contributed by atoms with Crippen LogP contribution in [0.15, 0.2) is 6.07 Å². The molecule has 0 aromatic carbocycles. The summed E-state index contributed by atoms with van der Waals surface area (Å²) in [4.78, 5) is 13.9. The summed E-state index contributed by atoms with van der Waals surface area (Å²) < 4.78 is 0. The largest absolute Gasteiger partial charge is 0.394 e. The lowest BCUT2D eigenvalue weighted by atomic mass is 10.2. The lowest BCUT2D eigenvalue weighted by molar-refractivity contribution is 0.0926. The number of aliphatic hydroxyl groups is 1. The van der Waals surface area contributed by atoms with Gasteiger partial charge in [0.15, 0.2) is 0 Å². The zero-order chi connectivity index (χ0) is 11.5. The molecule has 88 valence electrons. The van der Waals surface area contributed by atoms with Crippen molar-refractivity contribution in [3.8, 4) is 0 Å². The molecule has 2 rings (SSSR count). The Labute approximate surface area is 103 Å².